The van der Waals surface area contributed by atoms with E-state index in [2.05, 4.69) is 21.2 Å². The summed E-state index contributed by atoms with van der Waals surface area (Å²) in [6.45, 7) is 9.98. The lowest BCUT2D eigenvalue weighted by Gasteiger charge is -2.34. The molecule has 3 aromatic carbocycles. The molecule has 0 saturated heterocycles. The van der Waals surface area contributed by atoms with Crippen LogP contribution in [0.1, 0.15) is 55.9 Å². The lowest BCUT2D eigenvalue weighted by Crippen LogP contribution is -2.54. The molecule has 0 bridgehead atoms. The molecule has 0 aromatic heterocycles. The molecular weight excluding hydrogens is 614 g/mol. The van der Waals surface area contributed by atoms with E-state index in [0.717, 1.165) is 26.7 Å². The minimum atomic E-state index is -3.58. The molecular formula is C33H42BrN3O4S. The second-order valence-corrected chi connectivity index (χ2v) is 14.6. The summed E-state index contributed by atoms with van der Waals surface area (Å²) in [6.07, 6.45) is 1.92. The van der Waals surface area contributed by atoms with Crippen LogP contribution in [0.25, 0.3) is 0 Å². The van der Waals surface area contributed by atoms with E-state index in [0.29, 0.717) is 18.5 Å². The van der Waals surface area contributed by atoms with Gasteiger partial charge in [-0.1, -0.05) is 70.5 Å². The lowest BCUT2D eigenvalue weighted by molar-refractivity contribution is -0.142. The minimum Gasteiger partial charge on any atom is -0.350 e. The first-order chi connectivity index (χ1) is 19.7. The van der Waals surface area contributed by atoms with Gasteiger partial charge in [-0.3, -0.25) is 13.9 Å². The van der Waals surface area contributed by atoms with Crippen molar-refractivity contribution in [3.8, 4) is 0 Å². The van der Waals surface area contributed by atoms with Crippen LogP contribution in [0.15, 0.2) is 77.3 Å². The van der Waals surface area contributed by atoms with Gasteiger partial charge in [0.15, 0.2) is 0 Å². The van der Waals surface area contributed by atoms with Crippen molar-refractivity contribution in [2.45, 2.75) is 72.0 Å². The molecule has 3 aromatic rings. The molecule has 9 heteroatoms. The quantitative estimate of drug-likeness (QED) is 0.253. The highest BCUT2D eigenvalue weighted by Crippen LogP contribution is 2.26. The summed E-state index contributed by atoms with van der Waals surface area (Å²) in [6, 6.07) is 22.1. The van der Waals surface area contributed by atoms with Crippen LogP contribution in [0.3, 0.4) is 0 Å². The average molecular weight is 657 g/mol. The van der Waals surface area contributed by atoms with Gasteiger partial charge in [0.05, 0.1) is 11.9 Å². The number of carbonyl (C=O) groups is 2. The first-order valence-electron chi connectivity index (χ1n) is 14.1. The molecule has 3 rings (SSSR count). The number of amides is 2. The van der Waals surface area contributed by atoms with Gasteiger partial charge in [-0.05, 0) is 81.5 Å². The van der Waals surface area contributed by atoms with Crippen LogP contribution in [0.5, 0.6) is 0 Å². The Morgan fingerprint density at radius 3 is 2.14 bits per heavy atom. The van der Waals surface area contributed by atoms with E-state index in [1.54, 1.807) is 11.0 Å². The van der Waals surface area contributed by atoms with E-state index < -0.39 is 21.6 Å². The summed E-state index contributed by atoms with van der Waals surface area (Å²) < 4.78 is 27.9. The molecule has 2 amide bonds. The van der Waals surface area contributed by atoms with Crippen molar-refractivity contribution < 1.29 is 18.0 Å². The monoisotopic (exact) mass is 655 g/mol. The summed E-state index contributed by atoms with van der Waals surface area (Å²) >= 11 is 3.46. The molecule has 0 spiro atoms. The highest BCUT2D eigenvalue weighted by molar-refractivity contribution is 9.10. The number of rotatable bonds is 12. The van der Waals surface area contributed by atoms with Crippen molar-refractivity contribution in [3.05, 3.63) is 99.5 Å². The number of halogens is 1. The minimum absolute atomic E-state index is 0.0848. The Hall–Kier alpha value is -3.17. The smallest absolute Gasteiger partial charge is 0.243 e. The third-order valence-electron chi connectivity index (χ3n) is 7.03. The molecule has 226 valence electrons. The van der Waals surface area contributed by atoms with Crippen molar-refractivity contribution in [1.29, 1.82) is 0 Å². The van der Waals surface area contributed by atoms with Crippen molar-refractivity contribution in [3.63, 3.8) is 0 Å². The normalized spacial score (nSPS) is 12.5. The maximum Gasteiger partial charge on any atom is 0.243 e. The van der Waals surface area contributed by atoms with E-state index in [-0.39, 0.29) is 31.3 Å². The Morgan fingerprint density at radius 1 is 0.905 bits per heavy atom. The molecule has 0 aliphatic heterocycles. The molecule has 1 N–H and O–H groups in total. The summed E-state index contributed by atoms with van der Waals surface area (Å²) in [5, 5.41) is 3.07. The van der Waals surface area contributed by atoms with Gasteiger partial charge in [0.1, 0.15) is 6.04 Å². The van der Waals surface area contributed by atoms with E-state index in [4.69, 9.17) is 0 Å². The first kappa shape index (κ1) is 33.3. The molecule has 0 saturated carbocycles. The third kappa shape index (κ3) is 9.70. The molecule has 7 nitrogen and oxygen atoms in total. The average Bonchev–Trinajstić information content (AvgIpc) is 2.90. The molecule has 0 aliphatic carbocycles. The molecule has 42 heavy (non-hydrogen) atoms. The van der Waals surface area contributed by atoms with Crippen LogP contribution in [-0.4, -0.2) is 49.5 Å². The Labute approximate surface area is 259 Å². The Bertz CT molecular complexity index is 1470. The highest BCUT2D eigenvalue weighted by Gasteiger charge is 2.32. The Morgan fingerprint density at radius 2 is 1.55 bits per heavy atom. The summed E-state index contributed by atoms with van der Waals surface area (Å²) in [4.78, 5) is 29.3. The maximum absolute atomic E-state index is 14.0. The van der Waals surface area contributed by atoms with Gasteiger partial charge in [-0.2, -0.15) is 0 Å². The van der Waals surface area contributed by atoms with Gasteiger partial charge in [0.25, 0.3) is 0 Å². The molecule has 0 radical (unpaired) electrons. The molecule has 0 fully saturated rings. The van der Waals surface area contributed by atoms with Crippen molar-refractivity contribution in [1.82, 2.24) is 10.2 Å². The van der Waals surface area contributed by atoms with Gasteiger partial charge >= 0.3 is 0 Å². The van der Waals surface area contributed by atoms with E-state index in [1.807, 2.05) is 101 Å². The van der Waals surface area contributed by atoms with Crippen molar-refractivity contribution >= 4 is 43.5 Å². The van der Waals surface area contributed by atoms with Crippen LogP contribution in [0, 0.1) is 13.8 Å². The van der Waals surface area contributed by atoms with E-state index in [1.165, 1.54) is 10.6 Å². The number of nitrogens with one attached hydrogen (secondary N) is 1. The number of aryl methyl sites for hydroxylation is 1. The lowest BCUT2D eigenvalue weighted by atomic mass is 10.00. The molecule has 1 atom stereocenters. The van der Waals surface area contributed by atoms with Crippen LogP contribution < -0.4 is 9.62 Å². The van der Waals surface area contributed by atoms with Crippen LogP contribution in [0.2, 0.25) is 0 Å². The zero-order chi connectivity index (χ0) is 31.1. The van der Waals surface area contributed by atoms with Gasteiger partial charge in [0.2, 0.25) is 21.8 Å². The number of hydrogen-bond donors (Lipinski definition) is 1. The Kier molecular flexibility index (Phi) is 11.4. The Balaban J connectivity index is 1.92. The third-order valence-corrected chi connectivity index (χ3v) is 8.74. The second-order valence-electron chi connectivity index (χ2n) is 11.8. The zero-order valence-corrected chi connectivity index (χ0v) is 27.8. The SMILES string of the molecule is Cc1cccc(N(CCCC(=O)N(Cc2ccc(Br)cc2)[C@@H](Cc2ccccc2)C(=O)NC(C)(C)C)S(C)(=O)=O)c1C. The molecule has 0 aliphatic rings. The van der Waals surface area contributed by atoms with E-state index in [9.17, 15) is 18.0 Å². The molecule has 0 heterocycles. The summed E-state index contributed by atoms with van der Waals surface area (Å²) in [5.41, 5.74) is 3.84. The predicted molar refractivity (Wildman–Crippen MR) is 174 cm³/mol. The second kappa shape index (κ2) is 14.3. The number of benzene rings is 3. The van der Waals surface area contributed by atoms with Crippen LogP contribution >= 0.6 is 15.9 Å². The molecule has 0 unspecified atom stereocenters. The maximum atomic E-state index is 14.0. The number of carbonyl (C=O) groups excluding carboxylic acids is 2. The number of nitrogens with zero attached hydrogens (tertiary/aromatic N) is 2. The summed E-state index contributed by atoms with van der Waals surface area (Å²) in [7, 11) is -3.58. The van der Waals surface area contributed by atoms with Gasteiger partial charge in [-0.25, -0.2) is 8.42 Å². The van der Waals surface area contributed by atoms with Gasteiger partial charge < -0.3 is 10.2 Å². The standard InChI is InChI=1S/C33H42BrN3O4S/c1-24-12-10-15-29(25(24)2)37(42(6,40)41)21-11-16-31(38)36(23-27-17-19-28(34)20-18-27)30(32(39)35-33(3,4)5)22-26-13-8-7-9-14-26/h7-10,12-15,17-20,30H,11,16,21-23H2,1-6H3,(H,35,39)/t30-/m0/s1. The first-order valence-corrected chi connectivity index (χ1v) is 16.7. The zero-order valence-electron chi connectivity index (χ0n) is 25.4. The number of hydrogen-bond acceptors (Lipinski definition) is 4. The van der Waals surface area contributed by atoms with Crippen LogP contribution in [-0.2, 0) is 32.6 Å². The van der Waals surface area contributed by atoms with Crippen LogP contribution in [0.4, 0.5) is 5.69 Å². The fraction of sp³-hybridized carbons (Fsp3) is 0.394. The fourth-order valence-corrected chi connectivity index (χ4v) is 6.06. The number of anilines is 1. The summed E-state index contributed by atoms with van der Waals surface area (Å²) in [5.74, 6) is -0.442. The topological polar surface area (TPSA) is 86.8 Å². The van der Waals surface area contributed by atoms with Crippen molar-refractivity contribution in [2.24, 2.45) is 0 Å². The number of sulfonamides is 1. The van der Waals surface area contributed by atoms with E-state index >= 15 is 0 Å². The van der Waals surface area contributed by atoms with Gasteiger partial charge in [0, 0.05) is 35.9 Å². The largest absolute Gasteiger partial charge is 0.350 e. The highest BCUT2D eigenvalue weighted by atomic mass is 79.9. The van der Waals surface area contributed by atoms with Gasteiger partial charge in [-0.15, -0.1) is 0 Å². The fourth-order valence-electron chi connectivity index (χ4n) is 4.78. The van der Waals surface area contributed by atoms with Crippen molar-refractivity contribution in [2.75, 3.05) is 17.1 Å². The predicted octanol–water partition coefficient (Wildman–Crippen LogP) is 6.17.